The van der Waals surface area contributed by atoms with Crippen molar-refractivity contribution in [2.45, 2.75) is 26.3 Å². The molecule has 0 bridgehead atoms. The monoisotopic (exact) mass is 433 g/mol. The van der Waals surface area contributed by atoms with Crippen LogP contribution in [-0.2, 0) is 0 Å². The van der Waals surface area contributed by atoms with E-state index in [0.717, 1.165) is 35.7 Å². The molecule has 0 radical (unpaired) electrons. The van der Waals surface area contributed by atoms with Gasteiger partial charge in [0.25, 0.3) is 0 Å². The highest BCUT2D eigenvalue weighted by atomic mass is 127. The zero-order valence-corrected chi connectivity index (χ0v) is 15.8. The molecule has 1 heterocycles. The second kappa shape index (κ2) is 8.47. The normalized spacial score (nSPS) is 21.4. The van der Waals surface area contributed by atoms with Crippen LogP contribution in [0.2, 0.25) is 0 Å². The van der Waals surface area contributed by atoms with E-state index < -0.39 is 0 Å². The Bertz CT molecular complexity index is 553. The van der Waals surface area contributed by atoms with Gasteiger partial charge in [0.1, 0.15) is 12.4 Å². The number of nitrogens with zero attached hydrogens (tertiary/aromatic N) is 1. The predicted molar refractivity (Wildman–Crippen MR) is 100 cm³/mol. The molecule has 0 saturated heterocycles. The molecule has 1 aromatic carbocycles. The number of hydrogen-bond donors (Lipinski definition) is 2. The molecule has 23 heavy (non-hydrogen) atoms. The summed E-state index contributed by atoms with van der Waals surface area (Å²) < 4.78 is 16.3. The fourth-order valence-corrected chi connectivity index (χ4v) is 2.31. The van der Waals surface area contributed by atoms with Gasteiger partial charge in [0, 0.05) is 18.7 Å². The van der Waals surface area contributed by atoms with Gasteiger partial charge in [0.05, 0.1) is 6.54 Å². The standard InChI is InChI=1S/C16H23N3O3.HI/c1-3-17-16(19-13-8-11(13)2)18-6-7-20-12-4-5-14-15(9-12)22-10-21-14;/h4-5,9,11,13H,3,6-8,10H2,1-2H3,(H2,17,18,19);1H. The number of fused-ring (bicyclic) bond motifs is 1. The SMILES string of the molecule is CCNC(=NCCOc1ccc2c(c1)OCO2)NC1CC1C.I. The highest BCUT2D eigenvalue weighted by molar-refractivity contribution is 14.0. The van der Waals surface area contributed by atoms with E-state index in [4.69, 9.17) is 14.2 Å². The van der Waals surface area contributed by atoms with Crippen molar-refractivity contribution in [3.05, 3.63) is 18.2 Å². The predicted octanol–water partition coefficient (Wildman–Crippen LogP) is 2.38. The van der Waals surface area contributed by atoms with Crippen LogP contribution in [0.1, 0.15) is 20.3 Å². The minimum atomic E-state index is 0. The Morgan fingerprint density at radius 2 is 2.13 bits per heavy atom. The largest absolute Gasteiger partial charge is 0.492 e. The Hall–Kier alpha value is -1.38. The average molecular weight is 433 g/mol. The lowest BCUT2D eigenvalue weighted by Crippen LogP contribution is -2.39. The number of benzene rings is 1. The molecule has 1 saturated carbocycles. The summed E-state index contributed by atoms with van der Waals surface area (Å²) in [6.07, 6.45) is 1.22. The zero-order chi connectivity index (χ0) is 15.4. The molecule has 1 aliphatic carbocycles. The van der Waals surface area contributed by atoms with Crippen molar-refractivity contribution in [2.24, 2.45) is 10.9 Å². The van der Waals surface area contributed by atoms with Gasteiger partial charge in [0.15, 0.2) is 17.5 Å². The lowest BCUT2D eigenvalue weighted by atomic mass is 10.3. The maximum atomic E-state index is 5.70. The van der Waals surface area contributed by atoms with E-state index >= 15 is 0 Å². The van der Waals surface area contributed by atoms with Gasteiger partial charge >= 0.3 is 0 Å². The summed E-state index contributed by atoms with van der Waals surface area (Å²) in [6, 6.07) is 6.15. The first-order chi connectivity index (χ1) is 10.8. The van der Waals surface area contributed by atoms with Gasteiger partial charge in [-0.3, -0.25) is 0 Å². The van der Waals surface area contributed by atoms with Crippen LogP contribution in [0.3, 0.4) is 0 Å². The molecule has 2 atom stereocenters. The molecule has 7 heteroatoms. The number of ether oxygens (including phenoxy) is 3. The lowest BCUT2D eigenvalue weighted by Gasteiger charge is -2.11. The van der Waals surface area contributed by atoms with Crippen LogP contribution in [0, 0.1) is 5.92 Å². The van der Waals surface area contributed by atoms with Crippen LogP contribution < -0.4 is 24.8 Å². The number of nitrogens with one attached hydrogen (secondary N) is 2. The summed E-state index contributed by atoms with van der Waals surface area (Å²) >= 11 is 0. The fraction of sp³-hybridized carbons (Fsp3) is 0.562. The first-order valence-electron chi connectivity index (χ1n) is 7.83. The lowest BCUT2D eigenvalue weighted by molar-refractivity contribution is 0.174. The van der Waals surface area contributed by atoms with Crippen LogP contribution >= 0.6 is 24.0 Å². The third-order valence-electron chi connectivity index (χ3n) is 3.75. The number of guanidine groups is 1. The molecule has 128 valence electrons. The summed E-state index contributed by atoms with van der Waals surface area (Å²) in [6.45, 7) is 6.57. The van der Waals surface area contributed by atoms with Crippen LogP contribution in [-0.4, -0.2) is 38.5 Å². The first kappa shape index (κ1) is 18.0. The molecular formula is C16H24IN3O3. The Kier molecular flexibility index (Phi) is 6.61. The molecule has 2 aliphatic rings. The quantitative estimate of drug-likeness (QED) is 0.312. The molecule has 0 spiro atoms. The Morgan fingerprint density at radius 3 is 2.87 bits per heavy atom. The molecule has 2 N–H and O–H groups in total. The molecule has 3 rings (SSSR count). The van der Waals surface area contributed by atoms with Gasteiger partial charge in [-0.15, -0.1) is 24.0 Å². The van der Waals surface area contributed by atoms with Gasteiger partial charge < -0.3 is 24.8 Å². The van der Waals surface area contributed by atoms with Gasteiger partial charge in [-0.05, 0) is 31.4 Å². The summed E-state index contributed by atoms with van der Waals surface area (Å²) in [7, 11) is 0. The van der Waals surface area contributed by atoms with Crippen molar-refractivity contribution in [1.29, 1.82) is 0 Å². The van der Waals surface area contributed by atoms with E-state index in [1.54, 1.807) is 0 Å². The van der Waals surface area contributed by atoms with Crippen molar-refractivity contribution >= 4 is 29.9 Å². The van der Waals surface area contributed by atoms with Gasteiger partial charge in [-0.2, -0.15) is 0 Å². The van der Waals surface area contributed by atoms with E-state index in [1.807, 2.05) is 18.2 Å². The molecule has 1 aromatic rings. The van der Waals surface area contributed by atoms with Crippen molar-refractivity contribution in [3.8, 4) is 17.2 Å². The highest BCUT2D eigenvalue weighted by Gasteiger charge is 2.33. The minimum absolute atomic E-state index is 0. The van der Waals surface area contributed by atoms with Crippen LogP contribution in [0.25, 0.3) is 0 Å². The third kappa shape index (κ3) is 5.05. The second-order valence-corrected chi connectivity index (χ2v) is 5.59. The van der Waals surface area contributed by atoms with E-state index in [2.05, 4.69) is 29.5 Å². The number of aliphatic imine (C=N–C) groups is 1. The topological polar surface area (TPSA) is 64.1 Å². The smallest absolute Gasteiger partial charge is 0.231 e. The van der Waals surface area contributed by atoms with Crippen LogP contribution in [0.15, 0.2) is 23.2 Å². The molecular weight excluding hydrogens is 409 g/mol. The Labute approximate surface area is 154 Å². The average Bonchev–Trinajstić information content (AvgIpc) is 3.01. The maximum absolute atomic E-state index is 5.70. The number of halogens is 1. The van der Waals surface area contributed by atoms with E-state index in [9.17, 15) is 0 Å². The molecule has 0 amide bonds. The van der Waals surface area contributed by atoms with E-state index in [1.165, 1.54) is 6.42 Å². The van der Waals surface area contributed by atoms with Crippen molar-refractivity contribution < 1.29 is 14.2 Å². The van der Waals surface area contributed by atoms with Crippen molar-refractivity contribution in [2.75, 3.05) is 26.5 Å². The maximum Gasteiger partial charge on any atom is 0.231 e. The van der Waals surface area contributed by atoms with E-state index in [-0.39, 0.29) is 30.8 Å². The zero-order valence-electron chi connectivity index (χ0n) is 13.5. The second-order valence-electron chi connectivity index (χ2n) is 5.59. The number of rotatable bonds is 6. The summed E-state index contributed by atoms with van der Waals surface area (Å²) in [5.74, 6) is 3.88. The molecule has 1 aliphatic heterocycles. The van der Waals surface area contributed by atoms with Crippen LogP contribution in [0.5, 0.6) is 17.2 Å². The van der Waals surface area contributed by atoms with Gasteiger partial charge in [0.2, 0.25) is 6.79 Å². The molecule has 2 unspecified atom stereocenters. The highest BCUT2D eigenvalue weighted by Crippen LogP contribution is 2.35. The minimum Gasteiger partial charge on any atom is -0.492 e. The summed E-state index contributed by atoms with van der Waals surface area (Å²) in [4.78, 5) is 4.53. The van der Waals surface area contributed by atoms with Crippen LogP contribution in [0.4, 0.5) is 0 Å². The van der Waals surface area contributed by atoms with Gasteiger partial charge in [-0.25, -0.2) is 4.99 Å². The number of hydrogen-bond acceptors (Lipinski definition) is 4. The Balaban J connectivity index is 0.00000192. The molecule has 6 nitrogen and oxygen atoms in total. The molecule has 0 aromatic heterocycles. The third-order valence-corrected chi connectivity index (χ3v) is 3.75. The Morgan fingerprint density at radius 1 is 1.35 bits per heavy atom. The van der Waals surface area contributed by atoms with Gasteiger partial charge in [-0.1, -0.05) is 6.92 Å². The van der Waals surface area contributed by atoms with E-state index in [0.29, 0.717) is 19.2 Å². The molecule has 1 fully saturated rings. The summed E-state index contributed by atoms with van der Waals surface area (Å²) in [5, 5.41) is 6.68. The fourth-order valence-electron chi connectivity index (χ4n) is 2.31. The first-order valence-corrected chi connectivity index (χ1v) is 7.83. The summed E-state index contributed by atoms with van der Waals surface area (Å²) in [5.41, 5.74) is 0. The van der Waals surface area contributed by atoms with Crippen molar-refractivity contribution in [1.82, 2.24) is 10.6 Å². The van der Waals surface area contributed by atoms with Crippen molar-refractivity contribution in [3.63, 3.8) is 0 Å².